The molecule has 0 aromatic heterocycles. The summed E-state index contributed by atoms with van der Waals surface area (Å²) in [6.45, 7) is 2.21. The van der Waals surface area contributed by atoms with Crippen molar-refractivity contribution in [2.45, 2.75) is 184 Å². The summed E-state index contributed by atoms with van der Waals surface area (Å²) in [5, 5.41) is 72.0. The molecule has 2 aliphatic heterocycles. The Morgan fingerprint density at radius 3 is 1.37 bits per heavy atom. The van der Waals surface area contributed by atoms with E-state index >= 15 is 0 Å². The van der Waals surface area contributed by atoms with Gasteiger partial charge in [0.15, 0.2) is 18.7 Å². The Balaban J connectivity index is 1.88. The third-order valence-electron chi connectivity index (χ3n) is 10.7. The molecule has 2 rings (SSSR count). The number of rotatable bonds is 35. The molecule has 0 spiro atoms. The molecule has 2 saturated heterocycles. The van der Waals surface area contributed by atoms with E-state index in [0.29, 0.717) is 19.3 Å². The number of esters is 2. The van der Waals surface area contributed by atoms with Gasteiger partial charge in [0.25, 0.3) is 0 Å². The SMILES string of the molecule is CCC=CCC=CCC=CCC=CCC=CCCCC(=O)OC(COC(=O)CCCCC=CCC=CCC=CCC=CCC)COC1OC(COC2OC(CO)C(O)C(O)C2O)C(O)C(O)C1O. The first-order valence-electron chi connectivity index (χ1n) is 24.5. The Morgan fingerprint density at radius 1 is 0.471 bits per heavy atom. The summed E-state index contributed by atoms with van der Waals surface area (Å²) < 4.78 is 33.4. The van der Waals surface area contributed by atoms with Gasteiger partial charge in [0.2, 0.25) is 0 Å². The summed E-state index contributed by atoms with van der Waals surface area (Å²) >= 11 is 0. The topological polar surface area (TPSA) is 231 Å². The molecule has 68 heavy (non-hydrogen) atoms. The predicted octanol–water partition coefficient (Wildman–Crippen LogP) is 6.37. The largest absolute Gasteiger partial charge is 0.462 e. The average molecular weight is 959 g/mol. The summed E-state index contributed by atoms with van der Waals surface area (Å²) in [7, 11) is 0. The first-order valence-corrected chi connectivity index (χ1v) is 24.5. The molecular weight excluding hydrogens is 877 g/mol. The van der Waals surface area contributed by atoms with E-state index in [4.69, 9.17) is 28.4 Å². The predicted molar refractivity (Wildman–Crippen MR) is 261 cm³/mol. The fourth-order valence-electron chi connectivity index (χ4n) is 6.77. The summed E-state index contributed by atoms with van der Waals surface area (Å²) in [4.78, 5) is 25.7. The molecule has 7 N–H and O–H groups in total. The number of aliphatic hydroxyl groups is 7. The van der Waals surface area contributed by atoms with E-state index < -0.39 is 99.3 Å². The van der Waals surface area contributed by atoms with E-state index in [1.54, 1.807) is 0 Å². The Bertz CT molecular complexity index is 1600. The second-order valence-corrected chi connectivity index (χ2v) is 16.5. The lowest BCUT2D eigenvalue weighted by Gasteiger charge is -2.42. The van der Waals surface area contributed by atoms with Gasteiger partial charge in [-0.25, -0.2) is 0 Å². The van der Waals surface area contributed by atoms with E-state index in [1.165, 1.54) is 0 Å². The lowest BCUT2D eigenvalue weighted by molar-refractivity contribution is -0.332. The van der Waals surface area contributed by atoms with Gasteiger partial charge in [-0.2, -0.15) is 0 Å². The van der Waals surface area contributed by atoms with Crippen LogP contribution in [0.3, 0.4) is 0 Å². The van der Waals surface area contributed by atoms with E-state index in [0.717, 1.165) is 70.6 Å². The molecule has 11 atom stereocenters. The fraction of sp³-hybridized carbons (Fsp3) is 0.623. The Hall–Kier alpha value is -3.84. The number of hydrogen-bond donors (Lipinski definition) is 7. The highest BCUT2D eigenvalue weighted by Gasteiger charge is 2.47. The molecule has 0 aromatic carbocycles. The van der Waals surface area contributed by atoms with Crippen molar-refractivity contribution in [2.75, 3.05) is 26.4 Å². The van der Waals surface area contributed by atoms with Crippen LogP contribution in [-0.4, -0.2) is 142 Å². The number of aliphatic hydroxyl groups excluding tert-OH is 7. The monoisotopic (exact) mass is 959 g/mol. The number of ether oxygens (including phenoxy) is 6. The van der Waals surface area contributed by atoms with Crippen LogP contribution in [-0.2, 0) is 38.0 Å². The van der Waals surface area contributed by atoms with Crippen molar-refractivity contribution in [1.82, 2.24) is 0 Å². The molecule has 0 aliphatic carbocycles. The van der Waals surface area contributed by atoms with Gasteiger partial charge >= 0.3 is 11.9 Å². The van der Waals surface area contributed by atoms with Crippen LogP contribution in [0.5, 0.6) is 0 Å². The number of allylic oxidation sites excluding steroid dienone is 18. The molecule has 0 aromatic rings. The molecule has 15 nitrogen and oxygen atoms in total. The van der Waals surface area contributed by atoms with Gasteiger partial charge in [-0.15, -0.1) is 0 Å². The zero-order valence-corrected chi connectivity index (χ0v) is 40.3. The maximum Gasteiger partial charge on any atom is 0.306 e. The van der Waals surface area contributed by atoms with Gasteiger partial charge in [-0.3, -0.25) is 9.59 Å². The van der Waals surface area contributed by atoms with Crippen molar-refractivity contribution in [3.8, 4) is 0 Å². The highest BCUT2D eigenvalue weighted by atomic mass is 16.7. The van der Waals surface area contributed by atoms with E-state index in [2.05, 4.69) is 111 Å². The summed E-state index contributed by atoms with van der Waals surface area (Å²) in [5.74, 6) is -1.06. The summed E-state index contributed by atoms with van der Waals surface area (Å²) in [6.07, 6.45) is 32.7. The molecule has 384 valence electrons. The van der Waals surface area contributed by atoms with Crippen LogP contribution in [0.4, 0.5) is 0 Å². The van der Waals surface area contributed by atoms with Gasteiger partial charge in [0.1, 0.15) is 55.4 Å². The fourth-order valence-corrected chi connectivity index (χ4v) is 6.77. The second kappa shape index (κ2) is 38.9. The van der Waals surface area contributed by atoms with Crippen molar-refractivity contribution in [2.24, 2.45) is 0 Å². The number of unbranched alkanes of at least 4 members (excludes halogenated alkanes) is 3. The summed E-state index contributed by atoms with van der Waals surface area (Å²) in [6, 6.07) is 0. The molecule has 11 unspecified atom stereocenters. The van der Waals surface area contributed by atoms with Crippen LogP contribution in [0.2, 0.25) is 0 Å². The molecule has 0 bridgehead atoms. The van der Waals surface area contributed by atoms with Gasteiger partial charge in [0, 0.05) is 12.8 Å². The van der Waals surface area contributed by atoms with Crippen LogP contribution in [0.1, 0.15) is 117 Å². The zero-order valence-electron chi connectivity index (χ0n) is 40.3. The second-order valence-electron chi connectivity index (χ2n) is 16.5. The molecule has 0 amide bonds. The van der Waals surface area contributed by atoms with Crippen molar-refractivity contribution in [3.63, 3.8) is 0 Å². The number of carbonyl (C=O) groups is 2. The average Bonchev–Trinajstić information content (AvgIpc) is 3.33. The number of hydrogen-bond acceptors (Lipinski definition) is 15. The molecule has 0 radical (unpaired) electrons. The smallest absolute Gasteiger partial charge is 0.306 e. The first-order chi connectivity index (χ1) is 33.0. The van der Waals surface area contributed by atoms with Crippen LogP contribution in [0.25, 0.3) is 0 Å². The van der Waals surface area contributed by atoms with Crippen LogP contribution in [0.15, 0.2) is 109 Å². The third-order valence-corrected chi connectivity index (χ3v) is 10.7. The van der Waals surface area contributed by atoms with E-state index in [9.17, 15) is 45.3 Å². The van der Waals surface area contributed by atoms with E-state index in [1.807, 2.05) is 12.2 Å². The molecule has 2 heterocycles. The Labute approximate surface area is 404 Å². The molecule has 2 fully saturated rings. The van der Waals surface area contributed by atoms with Crippen LogP contribution in [0, 0.1) is 0 Å². The minimum Gasteiger partial charge on any atom is -0.462 e. The van der Waals surface area contributed by atoms with Crippen LogP contribution >= 0.6 is 0 Å². The molecule has 15 heteroatoms. The number of carbonyl (C=O) groups excluding carboxylic acids is 2. The normalized spacial score (nSPS) is 26.7. The quantitative estimate of drug-likeness (QED) is 0.0208. The molecule has 0 saturated carbocycles. The maximum atomic E-state index is 13.0. The summed E-state index contributed by atoms with van der Waals surface area (Å²) in [5.41, 5.74) is 0. The highest BCUT2D eigenvalue weighted by molar-refractivity contribution is 5.70. The zero-order chi connectivity index (χ0) is 49.6. The minimum absolute atomic E-state index is 0.0703. The van der Waals surface area contributed by atoms with Gasteiger partial charge in [-0.1, -0.05) is 123 Å². The van der Waals surface area contributed by atoms with E-state index in [-0.39, 0.29) is 19.4 Å². The lowest BCUT2D eigenvalue weighted by Crippen LogP contribution is -2.61. The highest BCUT2D eigenvalue weighted by Crippen LogP contribution is 2.26. The van der Waals surface area contributed by atoms with Crippen molar-refractivity contribution >= 4 is 11.9 Å². The Kier molecular flexibility index (Phi) is 34.5. The maximum absolute atomic E-state index is 13.0. The van der Waals surface area contributed by atoms with Crippen molar-refractivity contribution in [1.29, 1.82) is 0 Å². The van der Waals surface area contributed by atoms with Crippen LogP contribution < -0.4 is 0 Å². The first kappa shape index (κ1) is 60.3. The van der Waals surface area contributed by atoms with Crippen molar-refractivity contribution < 1.29 is 73.8 Å². The Morgan fingerprint density at radius 2 is 0.882 bits per heavy atom. The molecule has 2 aliphatic rings. The van der Waals surface area contributed by atoms with Gasteiger partial charge < -0.3 is 64.2 Å². The standard InChI is InChI=1S/C53H82O15/c1-3-5-7-9-11-13-15-17-19-20-22-24-26-28-30-32-34-36-45(56)66-41(38-63-44(55)35-33-31-29-27-25-23-21-18-16-14-12-10-8-6-4-2)39-64-52-51(62)49(60)47(58)43(68-52)40-65-53-50(61)48(59)46(57)42(37-54)67-53/h5-8,11-14,17-19,21-22,24-25,27-28,30,41-43,46-54,57-62H,3-4,9-10,15-16,20,23,26,29,31-40H2,1-2H3. The lowest BCUT2D eigenvalue weighted by atomic mass is 9.98. The van der Waals surface area contributed by atoms with Gasteiger partial charge in [0.05, 0.1) is 19.8 Å². The third kappa shape index (κ3) is 26.8. The minimum atomic E-state index is -1.79. The van der Waals surface area contributed by atoms with Gasteiger partial charge in [-0.05, 0) is 89.9 Å². The van der Waals surface area contributed by atoms with Crippen molar-refractivity contribution in [3.05, 3.63) is 109 Å². The molecular formula is C53H82O15.